The molecule has 1 fully saturated rings. The smallest absolute Gasteiger partial charge is 0.251 e. The zero-order valence-electron chi connectivity index (χ0n) is 16.8. The predicted octanol–water partition coefficient (Wildman–Crippen LogP) is 4.56. The summed E-state index contributed by atoms with van der Waals surface area (Å²) in [4.78, 5) is 16.8. The van der Waals surface area contributed by atoms with Crippen molar-refractivity contribution < 1.29 is 9.53 Å². The number of aromatic nitrogens is 3. The zero-order chi connectivity index (χ0) is 21.2. The third kappa shape index (κ3) is 4.54. The van der Waals surface area contributed by atoms with Gasteiger partial charge in [0.2, 0.25) is 5.88 Å². The van der Waals surface area contributed by atoms with Gasteiger partial charge in [-0.1, -0.05) is 35.9 Å². The van der Waals surface area contributed by atoms with Crippen LogP contribution in [-0.4, -0.2) is 33.2 Å². The van der Waals surface area contributed by atoms with Crippen LogP contribution in [0.5, 0.6) is 5.88 Å². The average Bonchev–Trinajstić information content (AvgIpc) is 3.49. The Bertz CT molecular complexity index is 1250. The van der Waals surface area contributed by atoms with Gasteiger partial charge in [0.15, 0.2) is 5.65 Å². The number of halogens is 1. The first-order valence-corrected chi connectivity index (χ1v) is 10.7. The van der Waals surface area contributed by atoms with E-state index in [0.29, 0.717) is 34.8 Å². The second kappa shape index (κ2) is 8.40. The van der Waals surface area contributed by atoms with E-state index in [1.807, 2.05) is 60.7 Å². The predicted molar refractivity (Wildman–Crippen MR) is 120 cm³/mol. The molecule has 1 N–H and O–H groups in total. The molecule has 0 saturated heterocycles. The minimum Gasteiger partial charge on any atom is -0.476 e. The minimum absolute atomic E-state index is 0.0452. The number of hydrogen-bond donors (Lipinski definition) is 1. The summed E-state index contributed by atoms with van der Waals surface area (Å²) in [6.07, 6.45) is 4.61. The average molecular weight is 433 g/mol. The topological polar surface area (TPSA) is 68.5 Å². The highest BCUT2D eigenvalue weighted by Crippen LogP contribution is 2.24. The molecular weight excluding hydrogens is 412 g/mol. The van der Waals surface area contributed by atoms with E-state index in [2.05, 4.69) is 15.4 Å². The lowest BCUT2D eigenvalue weighted by molar-refractivity contribution is 0.0951. The normalized spacial score (nSPS) is 13.3. The molecule has 0 bridgehead atoms. The molecule has 7 heteroatoms. The largest absolute Gasteiger partial charge is 0.476 e. The first-order valence-electron chi connectivity index (χ1n) is 10.3. The summed E-state index contributed by atoms with van der Waals surface area (Å²) in [5, 5.41) is 8.34. The van der Waals surface area contributed by atoms with Gasteiger partial charge in [0, 0.05) is 34.7 Å². The first kappa shape index (κ1) is 19.6. The van der Waals surface area contributed by atoms with E-state index in [4.69, 9.17) is 16.3 Å². The summed E-state index contributed by atoms with van der Waals surface area (Å²) in [6, 6.07) is 19.3. The number of carbonyl (C=O) groups excluding carboxylic acids is 1. The van der Waals surface area contributed by atoms with E-state index in [9.17, 15) is 4.79 Å². The molecule has 6 nitrogen and oxygen atoms in total. The molecule has 0 radical (unpaired) electrons. The molecule has 4 aromatic rings. The lowest BCUT2D eigenvalue weighted by Gasteiger charge is -2.08. The van der Waals surface area contributed by atoms with Crippen molar-refractivity contribution in [1.29, 1.82) is 0 Å². The summed E-state index contributed by atoms with van der Waals surface area (Å²) in [5.74, 6) is 0.465. The van der Waals surface area contributed by atoms with Gasteiger partial charge in [-0.25, -0.2) is 9.50 Å². The highest BCUT2D eigenvalue weighted by molar-refractivity contribution is 6.30. The summed E-state index contributed by atoms with van der Waals surface area (Å²) in [6.45, 7) is 0.486. The number of rotatable bonds is 7. The van der Waals surface area contributed by atoms with Crippen LogP contribution in [0, 0.1) is 0 Å². The highest BCUT2D eigenvalue weighted by atomic mass is 35.5. The molecule has 0 spiro atoms. The van der Waals surface area contributed by atoms with E-state index in [1.165, 1.54) is 0 Å². The number of nitrogens with zero attached hydrogens (tertiary/aromatic N) is 3. The molecular formula is C24H21ClN4O2. The van der Waals surface area contributed by atoms with Crippen LogP contribution in [0.2, 0.25) is 5.02 Å². The van der Waals surface area contributed by atoms with Crippen molar-refractivity contribution >= 4 is 23.2 Å². The van der Waals surface area contributed by atoms with Gasteiger partial charge < -0.3 is 10.1 Å². The Hall–Kier alpha value is -3.38. The van der Waals surface area contributed by atoms with Crippen molar-refractivity contribution in [2.45, 2.75) is 25.3 Å². The van der Waals surface area contributed by atoms with Crippen LogP contribution in [0.25, 0.3) is 16.9 Å². The van der Waals surface area contributed by atoms with Crippen molar-refractivity contribution in [1.82, 2.24) is 19.9 Å². The Balaban J connectivity index is 1.34. The minimum atomic E-state index is -0.0452. The summed E-state index contributed by atoms with van der Waals surface area (Å²) >= 11 is 6.04. The number of ether oxygens (including phenoxy) is 1. The molecule has 1 aliphatic rings. The van der Waals surface area contributed by atoms with E-state index in [0.717, 1.165) is 36.1 Å². The Morgan fingerprint density at radius 1 is 1.13 bits per heavy atom. The summed E-state index contributed by atoms with van der Waals surface area (Å²) < 4.78 is 7.61. The van der Waals surface area contributed by atoms with E-state index < -0.39 is 0 Å². The van der Waals surface area contributed by atoms with Crippen molar-refractivity contribution in [2.24, 2.45) is 0 Å². The van der Waals surface area contributed by atoms with Gasteiger partial charge in [-0.05, 0) is 48.7 Å². The second-order valence-electron chi connectivity index (χ2n) is 7.64. The number of amides is 1. The van der Waals surface area contributed by atoms with Crippen LogP contribution in [0.15, 0.2) is 66.9 Å². The summed E-state index contributed by atoms with van der Waals surface area (Å²) in [7, 11) is 0. The Kier molecular flexibility index (Phi) is 5.30. The number of imidazole rings is 1. The lowest BCUT2D eigenvalue weighted by atomic mass is 10.1. The van der Waals surface area contributed by atoms with Crippen LogP contribution >= 0.6 is 11.6 Å². The van der Waals surface area contributed by atoms with Gasteiger partial charge >= 0.3 is 0 Å². The van der Waals surface area contributed by atoms with Gasteiger partial charge in [-0.3, -0.25) is 4.79 Å². The van der Waals surface area contributed by atoms with Gasteiger partial charge in [-0.2, -0.15) is 0 Å². The van der Waals surface area contributed by atoms with Gasteiger partial charge in [0.05, 0.1) is 18.5 Å². The number of carbonyl (C=O) groups is 1. The van der Waals surface area contributed by atoms with E-state index in [1.54, 1.807) is 10.7 Å². The lowest BCUT2D eigenvalue weighted by Crippen LogP contribution is -2.25. The van der Waals surface area contributed by atoms with Gasteiger partial charge in [-0.15, -0.1) is 5.10 Å². The monoisotopic (exact) mass is 432 g/mol. The van der Waals surface area contributed by atoms with E-state index >= 15 is 0 Å². The van der Waals surface area contributed by atoms with Crippen LogP contribution in [0.1, 0.15) is 28.8 Å². The zero-order valence-corrected chi connectivity index (χ0v) is 17.5. The number of nitrogens with one attached hydrogen (secondary N) is 1. The van der Waals surface area contributed by atoms with Crippen LogP contribution < -0.4 is 10.1 Å². The van der Waals surface area contributed by atoms with Gasteiger partial charge in [0.25, 0.3) is 5.91 Å². The molecule has 1 amide bonds. The van der Waals surface area contributed by atoms with Crippen molar-refractivity contribution in [3.05, 3.63) is 83.0 Å². The maximum absolute atomic E-state index is 12.4. The van der Waals surface area contributed by atoms with Crippen LogP contribution in [0.3, 0.4) is 0 Å². The van der Waals surface area contributed by atoms with Gasteiger partial charge in [0.1, 0.15) is 0 Å². The highest BCUT2D eigenvalue weighted by Gasteiger charge is 2.24. The number of hydrogen-bond acceptors (Lipinski definition) is 4. The fourth-order valence-electron chi connectivity index (χ4n) is 3.41. The Morgan fingerprint density at radius 2 is 2.00 bits per heavy atom. The molecule has 0 atom stereocenters. The third-order valence-corrected chi connectivity index (χ3v) is 5.44. The maximum Gasteiger partial charge on any atom is 0.251 e. The van der Waals surface area contributed by atoms with Crippen molar-refractivity contribution in [3.63, 3.8) is 0 Å². The number of benzene rings is 2. The second-order valence-corrected chi connectivity index (χ2v) is 8.08. The fraction of sp³-hybridized carbons (Fsp3) is 0.208. The fourth-order valence-corrected chi connectivity index (χ4v) is 3.63. The van der Waals surface area contributed by atoms with E-state index in [-0.39, 0.29) is 5.91 Å². The molecule has 2 heterocycles. The molecule has 0 unspecified atom stereocenters. The Labute approximate surface area is 184 Å². The maximum atomic E-state index is 12.4. The third-order valence-electron chi connectivity index (χ3n) is 5.20. The SMILES string of the molecule is O=C(NC1CC1)c1cccc(-c2cnc3ccc(OCCc4cccc(Cl)c4)nn23)c1. The molecule has 1 aliphatic carbocycles. The van der Waals surface area contributed by atoms with Crippen LogP contribution in [-0.2, 0) is 6.42 Å². The molecule has 156 valence electrons. The molecule has 0 aliphatic heterocycles. The standard InChI is InChI=1S/C24H21ClN4O2/c25-19-6-1-3-16(13-19)11-12-31-23-10-9-22-26-15-21(29(22)28-23)17-4-2-5-18(14-17)24(30)27-20-7-8-20/h1-6,9-10,13-15,20H,7-8,11-12H2,(H,27,30). The molecule has 2 aromatic carbocycles. The summed E-state index contributed by atoms with van der Waals surface area (Å²) in [5.41, 5.74) is 4.13. The number of fused-ring (bicyclic) bond motifs is 1. The quantitative estimate of drug-likeness (QED) is 0.464. The van der Waals surface area contributed by atoms with Crippen LogP contribution in [0.4, 0.5) is 0 Å². The first-order chi connectivity index (χ1) is 15.2. The Morgan fingerprint density at radius 3 is 2.84 bits per heavy atom. The van der Waals surface area contributed by atoms with Crippen molar-refractivity contribution in [2.75, 3.05) is 6.61 Å². The van der Waals surface area contributed by atoms with Crippen molar-refractivity contribution in [3.8, 4) is 17.1 Å². The molecule has 31 heavy (non-hydrogen) atoms. The molecule has 5 rings (SSSR count). The molecule has 1 saturated carbocycles. The molecule has 2 aromatic heterocycles.